The third kappa shape index (κ3) is 3.71. The Morgan fingerprint density at radius 1 is 1.57 bits per heavy atom. The topological polar surface area (TPSA) is 64.8 Å². The SMILES string of the molecule is COC(=O)CC1CN(c2c(C)cccc2C(N)=S)CCO1. The number of para-hydroxylation sites is 1. The highest BCUT2D eigenvalue weighted by Crippen LogP contribution is 2.27. The molecular weight excluding hydrogens is 288 g/mol. The van der Waals surface area contributed by atoms with Crippen LogP contribution in [0.3, 0.4) is 0 Å². The molecule has 1 saturated heterocycles. The van der Waals surface area contributed by atoms with Crippen LogP contribution in [0.1, 0.15) is 17.5 Å². The van der Waals surface area contributed by atoms with Crippen LogP contribution in [0, 0.1) is 6.92 Å². The van der Waals surface area contributed by atoms with Crippen LogP contribution in [0.4, 0.5) is 5.69 Å². The number of carbonyl (C=O) groups excluding carboxylic acids is 1. The Morgan fingerprint density at radius 2 is 2.33 bits per heavy atom. The van der Waals surface area contributed by atoms with Gasteiger partial charge in [0.25, 0.3) is 0 Å². The van der Waals surface area contributed by atoms with Crippen molar-refractivity contribution in [1.29, 1.82) is 0 Å². The van der Waals surface area contributed by atoms with E-state index in [4.69, 9.17) is 27.4 Å². The first-order chi connectivity index (χ1) is 10.0. The Kier molecular flexibility index (Phi) is 5.14. The molecule has 21 heavy (non-hydrogen) atoms. The Bertz CT molecular complexity index is 548. The van der Waals surface area contributed by atoms with Crippen molar-refractivity contribution in [1.82, 2.24) is 0 Å². The molecule has 1 heterocycles. The van der Waals surface area contributed by atoms with E-state index >= 15 is 0 Å². The third-order valence-corrected chi connectivity index (χ3v) is 3.80. The van der Waals surface area contributed by atoms with Gasteiger partial charge in [-0.1, -0.05) is 24.4 Å². The summed E-state index contributed by atoms with van der Waals surface area (Å²) in [6.45, 7) is 3.96. The van der Waals surface area contributed by atoms with Gasteiger partial charge in [-0.25, -0.2) is 0 Å². The smallest absolute Gasteiger partial charge is 0.308 e. The number of ether oxygens (including phenoxy) is 2. The van der Waals surface area contributed by atoms with Gasteiger partial charge in [0.15, 0.2) is 0 Å². The molecule has 1 aromatic carbocycles. The van der Waals surface area contributed by atoms with E-state index < -0.39 is 0 Å². The maximum atomic E-state index is 11.4. The van der Waals surface area contributed by atoms with E-state index in [-0.39, 0.29) is 18.5 Å². The molecule has 0 aromatic heterocycles. The molecule has 0 radical (unpaired) electrons. The summed E-state index contributed by atoms with van der Waals surface area (Å²) in [6.07, 6.45) is 0.0754. The van der Waals surface area contributed by atoms with Crippen molar-refractivity contribution in [3.8, 4) is 0 Å². The quantitative estimate of drug-likeness (QED) is 0.670. The number of nitrogens with two attached hydrogens (primary N) is 1. The summed E-state index contributed by atoms with van der Waals surface area (Å²) in [5.41, 5.74) is 8.83. The molecule has 1 fully saturated rings. The van der Waals surface area contributed by atoms with E-state index in [2.05, 4.69) is 4.90 Å². The normalized spacial score (nSPS) is 18.4. The Labute approximate surface area is 130 Å². The van der Waals surface area contributed by atoms with E-state index in [1.165, 1.54) is 7.11 Å². The highest BCUT2D eigenvalue weighted by Gasteiger charge is 2.26. The molecule has 0 bridgehead atoms. The standard InChI is InChI=1S/C15H20N2O3S/c1-10-4-3-5-12(15(16)21)14(10)17-6-7-20-11(9-17)8-13(18)19-2/h3-5,11H,6-9H2,1-2H3,(H2,16,21). The molecule has 0 saturated carbocycles. The van der Waals surface area contributed by atoms with Gasteiger partial charge < -0.3 is 20.1 Å². The van der Waals surface area contributed by atoms with Crippen molar-refractivity contribution in [3.63, 3.8) is 0 Å². The highest BCUT2D eigenvalue weighted by molar-refractivity contribution is 7.80. The second kappa shape index (κ2) is 6.87. The monoisotopic (exact) mass is 308 g/mol. The van der Waals surface area contributed by atoms with Crippen molar-refractivity contribution in [3.05, 3.63) is 29.3 Å². The van der Waals surface area contributed by atoms with E-state index in [9.17, 15) is 4.79 Å². The highest BCUT2D eigenvalue weighted by atomic mass is 32.1. The average molecular weight is 308 g/mol. The first-order valence-corrected chi connectivity index (χ1v) is 7.26. The number of esters is 1. The first kappa shape index (κ1) is 15.7. The predicted molar refractivity (Wildman–Crippen MR) is 85.7 cm³/mol. The van der Waals surface area contributed by atoms with Crippen LogP contribution in [0.5, 0.6) is 0 Å². The number of nitrogens with zero attached hydrogens (tertiary/aromatic N) is 1. The summed E-state index contributed by atoms with van der Waals surface area (Å²) in [4.78, 5) is 14.0. The van der Waals surface area contributed by atoms with E-state index in [1.807, 2.05) is 25.1 Å². The number of aryl methyl sites for hydroxylation is 1. The molecule has 0 amide bonds. The second-order valence-corrected chi connectivity index (χ2v) is 5.49. The molecule has 1 unspecified atom stereocenters. The van der Waals surface area contributed by atoms with Crippen LogP contribution < -0.4 is 10.6 Å². The fourth-order valence-electron chi connectivity index (χ4n) is 2.59. The minimum Gasteiger partial charge on any atom is -0.469 e. The van der Waals surface area contributed by atoms with Crippen molar-refractivity contribution in [2.75, 3.05) is 31.7 Å². The van der Waals surface area contributed by atoms with E-state index in [1.54, 1.807) is 0 Å². The van der Waals surface area contributed by atoms with Gasteiger partial charge in [-0.2, -0.15) is 0 Å². The van der Waals surface area contributed by atoms with Crippen molar-refractivity contribution >= 4 is 28.9 Å². The van der Waals surface area contributed by atoms with Crippen molar-refractivity contribution in [2.24, 2.45) is 5.73 Å². The molecule has 1 aromatic rings. The first-order valence-electron chi connectivity index (χ1n) is 6.85. The van der Waals surface area contributed by atoms with Crippen LogP contribution in [-0.2, 0) is 14.3 Å². The van der Waals surface area contributed by atoms with E-state index in [0.29, 0.717) is 18.1 Å². The fourth-order valence-corrected chi connectivity index (χ4v) is 2.76. The predicted octanol–water partition coefficient (Wildman–Crippen LogP) is 1.40. The molecule has 5 nitrogen and oxygen atoms in total. The Hall–Kier alpha value is -1.66. The summed E-state index contributed by atoms with van der Waals surface area (Å²) in [7, 11) is 1.38. The summed E-state index contributed by atoms with van der Waals surface area (Å²) >= 11 is 5.14. The number of hydrogen-bond donors (Lipinski definition) is 1. The molecule has 2 rings (SSSR count). The zero-order valence-electron chi connectivity index (χ0n) is 12.3. The van der Waals surface area contributed by atoms with Gasteiger partial charge >= 0.3 is 5.97 Å². The number of anilines is 1. The molecule has 2 N–H and O–H groups in total. The summed E-state index contributed by atoms with van der Waals surface area (Å²) < 4.78 is 10.3. The van der Waals surface area contributed by atoms with Gasteiger partial charge in [0.1, 0.15) is 4.99 Å². The number of thiocarbonyl (C=S) groups is 1. The molecular formula is C15H20N2O3S. The zero-order valence-corrected chi connectivity index (χ0v) is 13.1. The molecule has 6 heteroatoms. The van der Waals surface area contributed by atoms with E-state index in [0.717, 1.165) is 23.4 Å². The minimum absolute atomic E-state index is 0.176. The van der Waals surface area contributed by atoms with Gasteiger partial charge in [0.2, 0.25) is 0 Å². The van der Waals surface area contributed by atoms with Gasteiger partial charge in [-0.3, -0.25) is 4.79 Å². The van der Waals surface area contributed by atoms with Crippen LogP contribution >= 0.6 is 12.2 Å². The zero-order chi connectivity index (χ0) is 15.4. The second-order valence-electron chi connectivity index (χ2n) is 5.05. The number of hydrogen-bond acceptors (Lipinski definition) is 5. The summed E-state index contributed by atoms with van der Waals surface area (Å²) in [6, 6.07) is 5.90. The summed E-state index contributed by atoms with van der Waals surface area (Å²) in [5, 5.41) is 0. The molecule has 1 aliphatic rings. The van der Waals surface area contributed by atoms with Gasteiger partial charge in [-0.05, 0) is 18.6 Å². The lowest BCUT2D eigenvalue weighted by molar-refractivity contribution is -0.144. The number of carbonyl (C=O) groups is 1. The lowest BCUT2D eigenvalue weighted by atomic mass is 10.0. The Morgan fingerprint density at radius 3 is 3.00 bits per heavy atom. The van der Waals surface area contributed by atoms with Crippen molar-refractivity contribution < 1.29 is 14.3 Å². The maximum absolute atomic E-state index is 11.4. The van der Waals surface area contributed by atoms with Crippen LogP contribution in [0.2, 0.25) is 0 Å². The Balaban J connectivity index is 2.22. The van der Waals surface area contributed by atoms with Crippen LogP contribution in [0.15, 0.2) is 18.2 Å². The largest absolute Gasteiger partial charge is 0.469 e. The molecule has 0 aliphatic carbocycles. The fraction of sp³-hybridized carbons (Fsp3) is 0.467. The average Bonchev–Trinajstić information content (AvgIpc) is 2.47. The number of methoxy groups -OCH3 is 1. The third-order valence-electron chi connectivity index (χ3n) is 3.58. The molecule has 114 valence electrons. The number of rotatable bonds is 4. The summed E-state index contributed by atoms with van der Waals surface area (Å²) in [5.74, 6) is -0.263. The molecule has 1 aliphatic heterocycles. The number of benzene rings is 1. The maximum Gasteiger partial charge on any atom is 0.308 e. The molecule has 0 spiro atoms. The van der Waals surface area contributed by atoms with Gasteiger partial charge in [-0.15, -0.1) is 0 Å². The lowest BCUT2D eigenvalue weighted by Crippen LogP contribution is -2.44. The lowest BCUT2D eigenvalue weighted by Gasteiger charge is -2.36. The number of morpholine rings is 1. The van der Waals surface area contributed by atoms with Gasteiger partial charge in [0.05, 0.1) is 31.9 Å². The van der Waals surface area contributed by atoms with Gasteiger partial charge in [0, 0.05) is 18.7 Å². The van der Waals surface area contributed by atoms with Crippen LogP contribution in [0.25, 0.3) is 0 Å². The molecule has 1 atom stereocenters. The van der Waals surface area contributed by atoms with Crippen LogP contribution in [-0.4, -0.2) is 43.9 Å². The minimum atomic E-state index is -0.263. The van der Waals surface area contributed by atoms with Crippen molar-refractivity contribution in [2.45, 2.75) is 19.4 Å².